The van der Waals surface area contributed by atoms with E-state index in [4.69, 9.17) is 4.42 Å². The van der Waals surface area contributed by atoms with Gasteiger partial charge in [0.2, 0.25) is 0 Å². The Morgan fingerprint density at radius 1 is 0.426 bits per heavy atom. The zero-order valence-corrected chi connectivity index (χ0v) is 33.7. The SMILES string of the molecule is N#Cc1ccc(N(c2ccccc2)c2ccc3oc4c(N(c5ccccc5)c5ccc6c(c5)C5(c7ccccc7Sc7ccccc75)c5ccccc5-6)cccc4c3c2)cc1. The molecule has 12 rings (SSSR count). The number of fused-ring (bicyclic) bond motifs is 12. The maximum atomic E-state index is 9.53. The second kappa shape index (κ2) is 13.9. The molecule has 2 aliphatic rings. The summed E-state index contributed by atoms with van der Waals surface area (Å²) in [7, 11) is 0. The Balaban J connectivity index is 1.07. The summed E-state index contributed by atoms with van der Waals surface area (Å²) in [6, 6.07) is 77.7. The maximum Gasteiger partial charge on any atom is 0.159 e. The quantitative estimate of drug-likeness (QED) is 0.168. The van der Waals surface area contributed by atoms with Crippen LogP contribution in [0.2, 0.25) is 0 Å². The van der Waals surface area contributed by atoms with E-state index >= 15 is 0 Å². The predicted molar refractivity (Wildman–Crippen MR) is 249 cm³/mol. The number of nitriles is 1. The first-order valence-corrected chi connectivity index (χ1v) is 21.3. The lowest BCUT2D eigenvalue weighted by atomic mass is 9.67. The smallest absolute Gasteiger partial charge is 0.159 e. The van der Waals surface area contributed by atoms with E-state index < -0.39 is 5.41 Å². The summed E-state index contributed by atoms with van der Waals surface area (Å²) >= 11 is 1.86. The summed E-state index contributed by atoms with van der Waals surface area (Å²) in [4.78, 5) is 7.14. The molecular formula is C56H35N3OS. The van der Waals surface area contributed by atoms with Crippen LogP contribution in [-0.4, -0.2) is 0 Å². The molecule has 286 valence electrons. The van der Waals surface area contributed by atoms with Crippen LogP contribution in [-0.2, 0) is 5.41 Å². The second-order valence-corrected chi connectivity index (χ2v) is 16.6. The number of nitrogens with zero attached hydrogens (tertiary/aromatic N) is 3. The highest BCUT2D eigenvalue weighted by molar-refractivity contribution is 7.99. The zero-order chi connectivity index (χ0) is 40.5. The molecule has 0 saturated heterocycles. The maximum absolute atomic E-state index is 9.53. The van der Waals surface area contributed by atoms with E-state index in [9.17, 15) is 5.26 Å². The van der Waals surface area contributed by atoms with Gasteiger partial charge in [0.1, 0.15) is 5.58 Å². The molecule has 1 aromatic heterocycles. The van der Waals surface area contributed by atoms with Gasteiger partial charge < -0.3 is 14.2 Å². The molecule has 0 bridgehead atoms. The second-order valence-electron chi connectivity index (χ2n) is 15.6. The van der Waals surface area contributed by atoms with Gasteiger partial charge in [-0.2, -0.15) is 5.26 Å². The Labute approximate surface area is 358 Å². The van der Waals surface area contributed by atoms with E-state index in [0.29, 0.717) is 5.56 Å². The van der Waals surface area contributed by atoms with E-state index in [2.05, 4.69) is 186 Å². The van der Waals surface area contributed by atoms with Gasteiger partial charge in [0, 0.05) is 49.0 Å². The number of para-hydroxylation sites is 3. The van der Waals surface area contributed by atoms with Crippen molar-refractivity contribution in [2.45, 2.75) is 15.2 Å². The van der Waals surface area contributed by atoms with Crippen LogP contribution in [0, 0.1) is 11.3 Å². The van der Waals surface area contributed by atoms with Gasteiger partial charge in [-0.05, 0) is 130 Å². The van der Waals surface area contributed by atoms with Crippen LogP contribution in [0.25, 0.3) is 33.1 Å². The number of anilines is 6. The molecule has 0 radical (unpaired) electrons. The van der Waals surface area contributed by atoms with E-state index in [1.54, 1.807) is 0 Å². The molecule has 1 spiro atoms. The largest absolute Gasteiger partial charge is 0.454 e. The lowest BCUT2D eigenvalue weighted by molar-refractivity contribution is 0.669. The lowest BCUT2D eigenvalue weighted by Crippen LogP contribution is -2.32. The zero-order valence-electron chi connectivity index (χ0n) is 32.9. The third-order valence-corrected chi connectivity index (χ3v) is 13.5. The van der Waals surface area contributed by atoms with E-state index in [-0.39, 0.29) is 0 Å². The number of hydrogen-bond donors (Lipinski definition) is 0. The lowest BCUT2D eigenvalue weighted by Gasteiger charge is -2.40. The van der Waals surface area contributed by atoms with Gasteiger partial charge in [0.25, 0.3) is 0 Å². The first kappa shape index (κ1) is 35.2. The van der Waals surface area contributed by atoms with Crippen molar-refractivity contribution in [2.24, 2.45) is 0 Å². The molecule has 0 unspecified atom stereocenters. The summed E-state index contributed by atoms with van der Waals surface area (Å²) in [5, 5.41) is 11.6. The summed E-state index contributed by atoms with van der Waals surface area (Å²) < 4.78 is 6.93. The van der Waals surface area contributed by atoms with Crippen molar-refractivity contribution in [3.05, 3.63) is 240 Å². The van der Waals surface area contributed by atoms with E-state index in [1.807, 2.05) is 54.2 Å². The minimum atomic E-state index is -0.496. The molecule has 1 aliphatic heterocycles. The molecule has 0 saturated carbocycles. The van der Waals surface area contributed by atoms with Crippen LogP contribution in [0.1, 0.15) is 27.8 Å². The standard InChI is InChI=1S/C56H35N3OS/c57-36-37-26-28-40(29-27-37)58(38-14-3-1-4-15-38)41-31-33-52-46(34-41)45-19-13-23-51(55(45)60-52)59(39-16-5-2-6-17-39)42-30-32-44-43-18-7-8-20-47(43)56(50(44)35-42)48-21-9-11-24-53(48)61-54-25-12-10-22-49(54)56/h1-35H. The highest BCUT2D eigenvalue weighted by atomic mass is 32.2. The third kappa shape index (κ3) is 5.33. The molecule has 5 heteroatoms. The van der Waals surface area contributed by atoms with Gasteiger partial charge in [-0.1, -0.05) is 127 Å². The molecule has 2 heterocycles. The first-order chi connectivity index (χ1) is 30.2. The topological polar surface area (TPSA) is 43.4 Å². The number of benzene rings is 9. The van der Waals surface area contributed by atoms with Crippen LogP contribution in [0.5, 0.6) is 0 Å². The molecule has 4 nitrogen and oxygen atoms in total. The monoisotopic (exact) mass is 797 g/mol. The normalized spacial score (nSPS) is 13.0. The molecule has 9 aromatic carbocycles. The van der Waals surface area contributed by atoms with Gasteiger partial charge in [0.05, 0.1) is 22.7 Å². The summed E-state index contributed by atoms with van der Waals surface area (Å²) in [6.45, 7) is 0. The van der Waals surface area contributed by atoms with Crippen LogP contribution >= 0.6 is 11.8 Å². The summed E-state index contributed by atoms with van der Waals surface area (Å²) in [5.74, 6) is 0. The van der Waals surface area contributed by atoms with Gasteiger partial charge in [-0.3, -0.25) is 0 Å². The van der Waals surface area contributed by atoms with Gasteiger partial charge in [-0.15, -0.1) is 0 Å². The number of furan rings is 1. The minimum Gasteiger partial charge on any atom is -0.454 e. The number of hydrogen-bond acceptors (Lipinski definition) is 5. The first-order valence-electron chi connectivity index (χ1n) is 20.5. The Morgan fingerprint density at radius 3 is 1.69 bits per heavy atom. The fraction of sp³-hybridized carbons (Fsp3) is 0.0179. The van der Waals surface area contributed by atoms with Crippen LogP contribution in [0.3, 0.4) is 0 Å². The Bertz CT molecular complexity index is 3320. The van der Waals surface area contributed by atoms with E-state index in [1.165, 1.54) is 43.2 Å². The number of rotatable bonds is 6. The molecule has 0 atom stereocenters. The molecule has 10 aromatic rings. The molecule has 61 heavy (non-hydrogen) atoms. The van der Waals surface area contributed by atoms with Crippen molar-refractivity contribution in [3.63, 3.8) is 0 Å². The van der Waals surface area contributed by atoms with Crippen molar-refractivity contribution >= 4 is 67.8 Å². The Morgan fingerprint density at radius 2 is 0.984 bits per heavy atom. The van der Waals surface area contributed by atoms with Crippen molar-refractivity contribution < 1.29 is 4.42 Å². The summed E-state index contributed by atoms with van der Waals surface area (Å²) in [5.41, 5.74) is 15.5. The molecular weight excluding hydrogens is 763 g/mol. The van der Waals surface area contributed by atoms with Crippen molar-refractivity contribution in [1.29, 1.82) is 5.26 Å². The van der Waals surface area contributed by atoms with Crippen molar-refractivity contribution in [2.75, 3.05) is 9.80 Å². The minimum absolute atomic E-state index is 0.496. The fourth-order valence-electron chi connectivity index (χ4n) is 9.78. The molecule has 0 fully saturated rings. The molecule has 0 amide bonds. The highest BCUT2D eigenvalue weighted by Gasteiger charge is 2.50. The van der Waals surface area contributed by atoms with Crippen LogP contribution in [0.15, 0.2) is 227 Å². The van der Waals surface area contributed by atoms with Gasteiger partial charge in [-0.25, -0.2) is 0 Å². The Hall–Kier alpha value is -7.78. The average molecular weight is 798 g/mol. The molecule has 0 N–H and O–H groups in total. The van der Waals surface area contributed by atoms with Crippen LogP contribution < -0.4 is 9.80 Å². The highest BCUT2D eigenvalue weighted by Crippen LogP contribution is 2.63. The van der Waals surface area contributed by atoms with Crippen molar-refractivity contribution in [3.8, 4) is 17.2 Å². The van der Waals surface area contributed by atoms with Gasteiger partial charge >= 0.3 is 0 Å². The van der Waals surface area contributed by atoms with Crippen LogP contribution in [0.4, 0.5) is 34.1 Å². The average Bonchev–Trinajstić information content (AvgIpc) is 3.84. The Kier molecular flexibility index (Phi) is 8.03. The fourth-order valence-corrected chi connectivity index (χ4v) is 11.0. The predicted octanol–water partition coefficient (Wildman–Crippen LogP) is 15.2. The third-order valence-electron chi connectivity index (χ3n) is 12.3. The van der Waals surface area contributed by atoms with Gasteiger partial charge in [0.15, 0.2) is 5.58 Å². The van der Waals surface area contributed by atoms with Crippen molar-refractivity contribution in [1.82, 2.24) is 0 Å². The molecule has 1 aliphatic carbocycles. The van der Waals surface area contributed by atoms with E-state index in [0.717, 1.165) is 56.1 Å². The summed E-state index contributed by atoms with van der Waals surface area (Å²) in [6.07, 6.45) is 0.